The Hall–Kier alpha value is -2.92. The molecule has 0 unspecified atom stereocenters. The summed E-state index contributed by atoms with van der Waals surface area (Å²) >= 11 is 5.94. The van der Waals surface area contributed by atoms with Crippen molar-refractivity contribution >= 4 is 34.8 Å². The van der Waals surface area contributed by atoms with Gasteiger partial charge in [0.2, 0.25) is 5.95 Å². The lowest BCUT2D eigenvalue weighted by Crippen LogP contribution is -2.13. The second-order valence-corrected chi connectivity index (χ2v) is 6.20. The first-order valence-corrected chi connectivity index (χ1v) is 8.12. The molecular weight excluding hydrogens is 336 g/mol. The second-order valence-electron chi connectivity index (χ2n) is 5.76. The lowest BCUT2D eigenvalue weighted by atomic mass is 10.1. The van der Waals surface area contributed by atoms with Crippen LogP contribution in [0.5, 0.6) is 0 Å². The van der Waals surface area contributed by atoms with Crippen molar-refractivity contribution in [2.75, 3.05) is 10.6 Å². The Morgan fingerprint density at radius 2 is 1.64 bits per heavy atom. The average molecular weight is 353 g/mol. The van der Waals surface area contributed by atoms with Crippen LogP contribution in [-0.2, 0) is 0 Å². The van der Waals surface area contributed by atoms with Gasteiger partial charge >= 0.3 is 0 Å². The summed E-state index contributed by atoms with van der Waals surface area (Å²) in [6.07, 6.45) is 2.97. The predicted octanol–water partition coefficient (Wildman–Crippen LogP) is 4.74. The number of hydrogen-bond donors (Lipinski definition) is 2. The first-order chi connectivity index (χ1) is 12.0. The second kappa shape index (κ2) is 7.32. The smallest absolute Gasteiger partial charge is 0.258 e. The zero-order chi connectivity index (χ0) is 17.8. The molecule has 25 heavy (non-hydrogen) atoms. The molecule has 0 saturated carbocycles. The number of carbonyl (C=O) groups excluding carboxylic acids is 1. The monoisotopic (exact) mass is 352 g/mol. The SMILES string of the molecule is Cc1cc(C)cc(NC(=O)c2cnc(Nc3cccc(Cl)c3)nc2)c1. The van der Waals surface area contributed by atoms with E-state index in [2.05, 4.69) is 26.7 Å². The van der Waals surface area contributed by atoms with Crippen molar-refractivity contribution in [3.8, 4) is 0 Å². The molecular formula is C19H17ClN4O. The van der Waals surface area contributed by atoms with Gasteiger partial charge in [0, 0.05) is 28.8 Å². The number of hydrogen-bond acceptors (Lipinski definition) is 4. The van der Waals surface area contributed by atoms with Gasteiger partial charge < -0.3 is 10.6 Å². The zero-order valence-corrected chi connectivity index (χ0v) is 14.6. The van der Waals surface area contributed by atoms with E-state index in [1.165, 1.54) is 12.4 Å². The number of aryl methyl sites for hydroxylation is 2. The topological polar surface area (TPSA) is 66.9 Å². The Balaban J connectivity index is 1.70. The zero-order valence-electron chi connectivity index (χ0n) is 13.9. The first kappa shape index (κ1) is 16.9. The summed E-state index contributed by atoms with van der Waals surface area (Å²) in [6, 6.07) is 13.1. The van der Waals surface area contributed by atoms with E-state index in [0.717, 1.165) is 22.5 Å². The first-order valence-electron chi connectivity index (χ1n) is 7.74. The third kappa shape index (κ3) is 4.55. The molecule has 1 heterocycles. The van der Waals surface area contributed by atoms with Crippen molar-refractivity contribution < 1.29 is 4.79 Å². The molecule has 1 amide bonds. The third-order valence-electron chi connectivity index (χ3n) is 3.47. The van der Waals surface area contributed by atoms with Gasteiger partial charge in [-0.25, -0.2) is 9.97 Å². The molecule has 0 aliphatic heterocycles. The van der Waals surface area contributed by atoms with Gasteiger partial charge in [-0.1, -0.05) is 23.7 Å². The van der Waals surface area contributed by atoms with Gasteiger partial charge in [0.05, 0.1) is 5.56 Å². The minimum absolute atomic E-state index is 0.251. The highest BCUT2D eigenvalue weighted by molar-refractivity contribution is 6.30. The molecule has 0 aliphatic carbocycles. The predicted molar refractivity (Wildman–Crippen MR) is 101 cm³/mol. The number of aromatic nitrogens is 2. The van der Waals surface area contributed by atoms with Crippen LogP contribution in [0.4, 0.5) is 17.3 Å². The number of rotatable bonds is 4. The molecule has 5 nitrogen and oxygen atoms in total. The number of carbonyl (C=O) groups is 1. The fraction of sp³-hybridized carbons (Fsp3) is 0.105. The van der Waals surface area contributed by atoms with Crippen LogP contribution in [0.3, 0.4) is 0 Å². The minimum atomic E-state index is -0.251. The summed E-state index contributed by atoms with van der Waals surface area (Å²) in [6.45, 7) is 3.98. The quantitative estimate of drug-likeness (QED) is 0.711. The Labute approximate surface area is 151 Å². The number of benzene rings is 2. The highest BCUT2D eigenvalue weighted by Crippen LogP contribution is 2.18. The van der Waals surface area contributed by atoms with Crippen molar-refractivity contribution in [3.63, 3.8) is 0 Å². The normalized spacial score (nSPS) is 10.4. The summed E-state index contributed by atoms with van der Waals surface area (Å²) in [7, 11) is 0. The molecule has 0 aliphatic rings. The minimum Gasteiger partial charge on any atom is -0.324 e. The van der Waals surface area contributed by atoms with E-state index >= 15 is 0 Å². The van der Waals surface area contributed by atoms with Gasteiger partial charge in [-0.3, -0.25) is 4.79 Å². The average Bonchev–Trinajstić information content (AvgIpc) is 2.54. The summed E-state index contributed by atoms with van der Waals surface area (Å²) in [5, 5.41) is 6.52. The maximum atomic E-state index is 12.3. The van der Waals surface area contributed by atoms with Crippen molar-refractivity contribution in [1.82, 2.24) is 9.97 Å². The molecule has 1 aromatic heterocycles. The summed E-state index contributed by atoms with van der Waals surface area (Å²) in [5.74, 6) is 0.143. The van der Waals surface area contributed by atoms with Crippen molar-refractivity contribution in [2.24, 2.45) is 0 Å². The Morgan fingerprint density at radius 3 is 2.28 bits per heavy atom. The van der Waals surface area contributed by atoms with E-state index in [1.54, 1.807) is 12.1 Å². The van der Waals surface area contributed by atoms with Crippen molar-refractivity contribution in [3.05, 3.63) is 76.6 Å². The molecule has 6 heteroatoms. The van der Waals surface area contributed by atoms with E-state index in [1.807, 2.05) is 38.1 Å². The van der Waals surface area contributed by atoms with Crippen molar-refractivity contribution in [1.29, 1.82) is 0 Å². The molecule has 2 N–H and O–H groups in total. The molecule has 0 saturated heterocycles. The number of nitrogens with zero attached hydrogens (tertiary/aromatic N) is 2. The lowest BCUT2D eigenvalue weighted by Gasteiger charge is -2.08. The van der Waals surface area contributed by atoms with E-state index in [4.69, 9.17) is 11.6 Å². The maximum absolute atomic E-state index is 12.3. The summed E-state index contributed by atoms with van der Waals surface area (Å²) in [5.41, 5.74) is 4.10. The fourth-order valence-corrected chi connectivity index (χ4v) is 2.65. The molecule has 3 rings (SSSR count). The highest BCUT2D eigenvalue weighted by Gasteiger charge is 2.08. The van der Waals surface area contributed by atoms with Crippen LogP contribution >= 0.6 is 11.6 Å². The van der Waals surface area contributed by atoms with Crippen LogP contribution in [-0.4, -0.2) is 15.9 Å². The fourth-order valence-electron chi connectivity index (χ4n) is 2.46. The summed E-state index contributed by atoms with van der Waals surface area (Å²) < 4.78 is 0. The molecule has 0 bridgehead atoms. The maximum Gasteiger partial charge on any atom is 0.258 e. The number of anilines is 3. The molecule has 0 radical (unpaired) electrons. The van der Waals surface area contributed by atoms with Crippen LogP contribution < -0.4 is 10.6 Å². The largest absolute Gasteiger partial charge is 0.324 e. The standard InChI is InChI=1S/C19H17ClN4O/c1-12-6-13(2)8-17(7-12)23-18(25)14-10-21-19(22-11-14)24-16-5-3-4-15(20)9-16/h3-11H,1-2H3,(H,23,25)(H,21,22,24). The Bertz CT molecular complexity index is 889. The van der Waals surface area contributed by atoms with Crippen molar-refractivity contribution in [2.45, 2.75) is 13.8 Å². The third-order valence-corrected chi connectivity index (χ3v) is 3.71. The molecule has 3 aromatic rings. The number of nitrogens with one attached hydrogen (secondary N) is 2. The number of halogens is 1. The van der Waals surface area contributed by atoms with Crippen LogP contribution in [0.1, 0.15) is 21.5 Å². The number of amides is 1. The lowest BCUT2D eigenvalue weighted by molar-refractivity contribution is 0.102. The van der Waals surface area contributed by atoms with Gasteiger partial charge in [0.1, 0.15) is 0 Å². The van der Waals surface area contributed by atoms with E-state index in [0.29, 0.717) is 16.5 Å². The molecule has 0 atom stereocenters. The van der Waals surface area contributed by atoms with Gasteiger partial charge in [-0.2, -0.15) is 0 Å². The molecule has 2 aromatic carbocycles. The Kier molecular flexibility index (Phi) is 4.95. The Morgan fingerprint density at radius 1 is 0.960 bits per heavy atom. The van der Waals surface area contributed by atoms with Gasteiger partial charge in [-0.05, 0) is 55.3 Å². The van der Waals surface area contributed by atoms with Gasteiger partial charge in [0.15, 0.2) is 0 Å². The van der Waals surface area contributed by atoms with Gasteiger partial charge in [-0.15, -0.1) is 0 Å². The van der Waals surface area contributed by atoms with Gasteiger partial charge in [0.25, 0.3) is 5.91 Å². The van der Waals surface area contributed by atoms with E-state index in [-0.39, 0.29) is 5.91 Å². The van der Waals surface area contributed by atoms with E-state index in [9.17, 15) is 4.79 Å². The molecule has 0 spiro atoms. The highest BCUT2D eigenvalue weighted by atomic mass is 35.5. The van der Waals surface area contributed by atoms with Crippen LogP contribution in [0.25, 0.3) is 0 Å². The van der Waals surface area contributed by atoms with Crippen LogP contribution in [0, 0.1) is 13.8 Å². The molecule has 126 valence electrons. The van der Waals surface area contributed by atoms with E-state index < -0.39 is 0 Å². The molecule has 0 fully saturated rings. The van der Waals surface area contributed by atoms with Crippen LogP contribution in [0.15, 0.2) is 54.9 Å². The van der Waals surface area contributed by atoms with Crippen LogP contribution in [0.2, 0.25) is 5.02 Å². The summed E-state index contributed by atoms with van der Waals surface area (Å²) in [4.78, 5) is 20.7.